The van der Waals surface area contributed by atoms with Crippen LogP contribution >= 0.6 is 0 Å². The van der Waals surface area contributed by atoms with Crippen LogP contribution in [0.15, 0.2) is 47.4 Å². The number of nitrogens with one attached hydrogen (secondary N) is 3. The average molecular weight is 329 g/mol. The van der Waals surface area contributed by atoms with Crippen molar-refractivity contribution in [3.63, 3.8) is 0 Å². The smallest absolute Gasteiger partial charge is 0.253 e. The first-order chi connectivity index (χ1) is 11.5. The molecule has 1 aromatic carbocycles. The van der Waals surface area contributed by atoms with E-state index in [4.69, 9.17) is 0 Å². The van der Waals surface area contributed by atoms with Crippen LogP contribution in [0.2, 0.25) is 0 Å². The zero-order chi connectivity index (χ0) is 17.5. The molecule has 0 bridgehead atoms. The highest BCUT2D eigenvalue weighted by Gasteiger charge is 2.14. The largest absolute Gasteiger partial charge is 0.394 e. The molecule has 1 aromatic heterocycles. The Balaban J connectivity index is 1.90. The molecule has 7 heteroatoms. The average Bonchev–Trinajstić information content (AvgIpc) is 2.59. The molecule has 2 amide bonds. The molecule has 1 heterocycles. The summed E-state index contributed by atoms with van der Waals surface area (Å²) in [5, 5.41) is 14.6. The van der Waals surface area contributed by atoms with Gasteiger partial charge in [0.05, 0.1) is 18.2 Å². The fraction of sp³-hybridized carbons (Fsp3) is 0.235. The van der Waals surface area contributed by atoms with Gasteiger partial charge in [0.15, 0.2) is 0 Å². The summed E-state index contributed by atoms with van der Waals surface area (Å²) in [7, 11) is 0. The van der Waals surface area contributed by atoms with Crippen molar-refractivity contribution in [2.24, 2.45) is 0 Å². The number of benzene rings is 1. The van der Waals surface area contributed by atoms with E-state index in [2.05, 4.69) is 15.6 Å². The van der Waals surface area contributed by atoms with Gasteiger partial charge >= 0.3 is 0 Å². The van der Waals surface area contributed by atoms with E-state index in [1.54, 1.807) is 12.1 Å². The van der Waals surface area contributed by atoms with Crippen LogP contribution in [0.4, 0.5) is 0 Å². The van der Waals surface area contributed by atoms with E-state index in [9.17, 15) is 19.5 Å². The number of aromatic amines is 1. The Morgan fingerprint density at radius 3 is 2.33 bits per heavy atom. The number of aryl methyl sites for hydroxylation is 1. The number of carbonyl (C=O) groups is 2. The summed E-state index contributed by atoms with van der Waals surface area (Å²) in [6.45, 7) is 1.68. The molecule has 0 saturated carbocycles. The number of hydrogen-bond acceptors (Lipinski definition) is 4. The summed E-state index contributed by atoms with van der Waals surface area (Å²) in [6.07, 6.45) is 1.29. The lowest BCUT2D eigenvalue weighted by Gasteiger charge is -2.17. The number of pyridine rings is 1. The number of hydrogen-bond donors (Lipinski definition) is 4. The molecular formula is C17H19N3O4. The zero-order valence-corrected chi connectivity index (χ0v) is 13.2. The van der Waals surface area contributed by atoms with Gasteiger partial charge in [0.1, 0.15) is 0 Å². The molecule has 0 aliphatic carbocycles. The van der Waals surface area contributed by atoms with E-state index in [1.165, 1.54) is 18.3 Å². The fourth-order valence-electron chi connectivity index (χ4n) is 2.00. The molecular weight excluding hydrogens is 310 g/mol. The second-order valence-corrected chi connectivity index (χ2v) is 5.37. The summed E-state index contributed by atoms with van der Waals surface area (Å²) in [5.74, 6) is -0.735. The lowest BCUT2D eigenvalue weighted by molar-refractivity contribution is 0.0887. The molecule has 126 valence electrons. The topological polar surface area (TPSA) is 111 Å². The summed E-state index contributed by atoms with van der Waals surface area (Å²) >= 11 is 0. The number of rotatable bonds is 6. The SMILES string of the molecule is Cc1ccc(C(=O)NC[C@H](CO)NC(=O)c2ccc(=O)[nH]c2)cc1. The van der Waals surface area contributed by atoms with Gasteiger partial charge in [-0.25, -0.2) is 0 Å². The molecule has 0 fully saturated rings. The quantitative estimate of drug-likeness (QED) is 0.607. The number of aromatic nitrogens is 1. The van der Waals surface area contributed by atoms with E-state index in [-0.39, 0.29) is 30.2 Å². The number of aliphatic hydroxyl groups excluding tert-OH is 1. The number of aliphatic hydroxyl groups is 1. The minimum Gasteiger partial charge on any atom is -0.394 e. The van der Waals surface area contributed by atoms with Crippen molar-refractivity contribution in [1.29, 1.82) is 0 Å². The predicted octanol–water partition coefficient (Wildman–Crippen LogP) is 0.204. The number of amides is 2. The predicted molar refractivity (Wildman–Crippen MR) is 88.9 cm³/mol. The minimum absolute atomic E-state index is 0.0816. The molecule has 0 spiro atoms. The van der Waals surface area contributed by atoms with Crippen LogP contribution < -0.4 is 16.2 Å². The van der Waals surface area contributed by atoms with Crippen molar-refractivity contribution in [2.75, 3.05) is 13.2 Å². The fourth-order valence-corrected chi connectivity index (χ4v) is 2.00. The second-order valence-electron chi connectivity index (χ2n) is 5.37. The molecule has 0 radical (unpaired) electrons. The van der Waals surface area contributed by atoms with Crippen molar-refractivity contribution in [1.82, 2.24) is 15.6 Å². The van der Waals surface area contributed by atoms with E-state index in [1.807, 2.05) is 19.1 Å². The van der Waals surface area contributed by atoms with Crippen molar-refractivity contribution >= 4 is 11.8 Å². The van der Waals surface area contributed by atoms with E-state index in [0.717, 1.165) is 5.56 Å². The lowest BCUT2D eigenvalue weighted by atomic mass is 10.1. The summed E-state index contributed by atoms with van der Waals surface area (Å²) in [6, 6.07) is 9.05. The molecule has 2 aromatic rings. The number of H-pyrrole nitrogens is 1. The maximum atomic E-state index is 12.0. The van der Waals surface area contributed by atoms with Gasteiger partial charge in [-0.3, -0.25) is 14.4 Å². The van der Waals surface area contributed by atoms with Crippen LogP contribution in [0.3, 0.4) is 0 Å². The Morgan fingerprint density at radius 1 is 1.08 bits per heavy atom. The summed E-state index contributed by atoms with van der Waals surface area (Å²) in [4.78, 5) is 37.4. The Labute approximate surface area is 138 Å². The summed E-state index contributed by atoms with van der Waals surface area (Å²) < 4.78 is 0. The maximum Gasteiger partial charge on any atom is 0.253 e. The van der Waals surface area contributed by atoms with Crippen LogP contribution in [-0.2, 0) is 0 Å². The monoisotopic (exact) mass is 329 g/mol. The van der Waals surface area contributed by atoms with Gasteiger partial charge < -0.3 is 20.7 Å². The van der Waals surface area contributed by atoms with Crippen LogP contribution in [0, 0.1) is 6.92 Å². The molecule has 4 N–H and O–H groups in total. The van der Waals surface area contributed by atoms with Crippen molar-refractivity contribution in [3.05, 3.63) is 69.6 Å². The summed E-state index contributed by atoms with van der Waals surface area (Å²) in [5.41, 5.74) is 1.51. The van der Waals surface area contributed by atoms with Crippen LogP contribution in [0.5, 0.6) is 0 Å². The van der Waals surface area contributed by atoms with Crippen molar-refractivity contribution < 1.29 is 14.7 Å². The third-order valence-electron chi connectivity index (χ3n) is 3.42. The first-order valence-corrected chi connectivity index (χ1v) is 7.45. The van der Waals surface area contributed by atoms with Crippen LogP contribution in [-0.4, -0.2) is 41.1 Å². The first kappa shape index (κ1) is 17.4. The molecule has 0 aliphatic rings. The number of carbonyl (C=O) groups excluding carboxylic acids is 2. The molecule has 2 rings (SSSR count). The second kappa shape index (κ2) is 8.07. The van der Waals surface area contributed by atoms with E-state index < -0.39 is 11.9 Å². The van der Waals surface area contributed by atoms with Gasteiger partial charge in [0.25, 0.3) is 11.8 Å². The van der Waals surface area contributed by atoms with Gasteiger partial charge in [0.2, 0.25) is 5.56 Å². The molecule has 0 aliphatic heterocycles. The van der Waals surface area contributed by atoms with E-state index in [0.29, 0.717) is 5.56 Å². The molecule has 24 heavy (non-hydrogen) atoms. The Morgan fingerprint density at radius 2 is 1.75 bits per heavy atom. The van der Waals surface area contributed by atoms with Gasteiger partial charge in [-0.1, -0.05) is 17.7 Å². The third kappa shape index (κ3) is 4.79. The highest BCUT2D eigenvalue weighted by atomic mass is 16.3. The minimum atomic E-state index is -0.640. The first-order valence-electron chi connectivity index (χ1n) is 7.45. The van der Waals surface area contributed by atoms with Gasteiger partial charge in [-0.05, 0) is 25.1 Å². The highest BCUT2D eigenvalue weighted by Crippen LogP contribution is 2.03. The lowest BCUT2D eigenvalue weighted by Crippen LogP contribution is -2.45. The van der Waals surface area contributed by atoms with Crippen molar-refractivity contribution in [3.8, 4) is 0 Å². The van der Waals surface area contributed by atoms with Crippen LogP contribution in [0.1, 0.15) is 26.3 Å². The maximum absolute atomic E-state index is 12.0. The Kier molecular flexibility index (Phi) is 5.86. The molecule has 7 nitrogen and oxygen atoms in total. The van der Waals surface area contributed by atoms with Gasteiger partial charge in [-0.2, -0.15) is 0 Å². The van der Waals surface area contributed by atoms with Crippen LogP contribution in [0.25, 0.3) is 0 Å². The Bertz CT molecular complexity index is 748. The molecule has 0 unspecified atom stereocenters. The Hall–Kier alpha value is -2.93. The molecule has 1 atom stereocenters. The van der Waals surface area contributed by atoms with Gasteiger partial charge in [0, 0.05) is 24.4 Å². The normalized spacial score (nSPS) is 11.6. The third-order valence-corrected chi connectivity index (χ3v) is 3.42. The highest BCUT2D eigenvalue weighted by molar-refractivity contribution is 5.95. The van der Waals surface area contributed by atoms with Crippen molar-refractivity contribution in [2.45, 2.75) is 13.0 Å². The standard InChI is InChI=1S/C17H19N3O4/c1-11-2-4-12(5-3-11)16(23)19-9-14(10-21)20-17(24)13-6-7-15(22)18-8-13/h2-8,14,21H,9-10H2,1H3,(H,18,22)(H,19,23)(H,20,24)/t14-/m1/s1. The van der Waals surface area contributed by atoms with E-state index >= 15 is 0 Å². The molecule has 0 saturated heterocycles. The zero-order valence-electron chi connectivity index (χ0n) is 13.2. The van der Waals surface area contributed by atoms with Gasteiger partial charge in [-0.15, -0.1) is 0 Å².